The lowest BCUT2D eigenvalue weighted by atomic mass is 9.95. The van der Waals surface area contributed by atoms with Crippen molar-refractivity contribution in [3.8, 4) is 0 Å². The van der Waals surface area contributed by atoms with Gasteiger partial charge in [0.1, 0.15) is 5.82 Å². The van der Waals surface area contributed by atoms with Gasteiger partial charge in [-0.1, -0.05) is 18.2 Å². The number of hydrogen-bond acceptors (Lipinski definition) is 4. The van der Waals surface area contributed by atoms with Crippen LogP contribution in [0.25, 0.3) is 0 Å². The number of piperidine rings is 1. The van der Waals surface area contributed by atoms with Crippen molar-refractivity contribution >= 4 is 23.2 Å². The smallest absolute Gasteiger partial charge is 0.236 e. The fourth-order valence-electron chi connectivity index (χ4n) is 4.28. The van der Waals surface area contributed by atoms with Crippen LogP contribution in [0.15, 0.2) is 54.6 Å². The SMILES string of the molecule is O=C(Nc1ccccc1)C1CCN(CC(=O)N2CCN(c3ccc(F)cc3)CC2)CC1. The minimum Gasteiger partial charge on any atom is -0.368 e. The fraction of sp³-hybridized carbons (Fsp3) is 0.417. The highest BCUT2D eigenvalue weighted by Crippen LogP contribution is 2.20. The van der Waals surface area contributed by atoms with Gasteiger partial charge < -0.3 is 15.1 Å². The monoisotopic (exact) mass is 424 g/mol. The molecule has 31 heavy (non-hydrogen) atoms. The van der Waals surface area contributed by atoms with Gasteiger partial charge in [-0.2, -0.15) is 0 Å². The van der Waals surface area contributed by atoms with E-state index in [9.17, 15) is 14.0 Å². The van der Waals surface area contributed by atoms with E-state index in [0.29, 0.717) is 19.6 Å². The van der Waals surface area contributed by atoms with Gasteiger partial charge in [-0.15, -0.1) is 0 Å². The van der Waals surface area contributed by atoms with Crippen LogP contribution in [0.2, 0.25) is 0 Å². The Morgan fingerprint density at radius 1 is 0.871 bits per heavy atom. The molecule has 0 aliphatic carbocycles. The molecule has 6 nitrogen and oxygen atoms in total. The molecule has 2 aliphatic heterocycles. The summed E-state index contributed by atoms with van der Waals surface area (Å²) in [4.78, 5) is 31.5. The molecule has 0 aromatic heterocycles. The van der Waals surface area contributed by atoms with Gasteiger partial charge in [-0.3, -0.25) is 14.5 Å². The number of likely N-dealkylation sites (tertiary alicyclic amines) is 1. The van der Waals surface area contributed by atoms with Crippen LogP contribution >= 0.6 is 0 Å². The molecule has 2 fully saturated rings. The number of piperazine rings is 1. The molecular weight excluding hydrogens is 395 g/mol. The second-order valence-corrected chi connectivity index (χ2v) is 8.25. The summed E-state index contributed by atoms with van der Waals surface area (Å²) >= 11 is 0. The quantitative estimate of drug-likeness (QED) is 0.802. The second kappa shape index (κ2) is 9.92. The summed E-state index contributed by atoms with van der Waals surface area (Å²) in [6.45, 7) is 4.77. The van der Waals surface area contributed by atoms with Gasteiger partial charge in [-0.05, 0) is 62.3 Å². The van der Waals surface area contributed by atoms with Crippen LogP contribution in [0, 0.1) is 11.7 Å². The minimum atomic E-state index is -0.237. The van der Waals surface area contributed by atoms with Crippen molar-refractivity contribution in [2.45, 2.75) is 12.8 Å². The summed E-state index contributed by atoms with van der Waals surface area (Å²) in [7, 11) is 0. The summed E-state index contributed by atoms with van der Waals surface area (Å²) in [5, 5.41) is 2.98. The molecule has 0 bridgehead atoms. The third kappa shape index (κ3) is 5.61. The van der Waals surface area contributed by atoms with E-state index in [1.807, 2.05) is 35.2 Å². The van der Waals surface area contributed by atoms with Gasteiger partial charge in [-0.25, -0.2) is 4.39 Å². The van der Waals surface area contributed by atoms with E-state index >= 15 is 0 Å². The van der Waals surface area contributed by atoms with Crippen molar-refractivity contribution in [3.05, 3.63) is 60.4 Å². The van der Waals surface area contributed by atoms with E-state index in [1.165, 1.54) is 12.1 Å². The molecule has 2 saturated heterocycles. The first-order chi connectivity index (χ1) is 15.1. The van der Waals surface area contributed by atoms with Crippen LogP contribution in [-0.4, -0.2) is 67.4 Å². The van der Waals surface area contributed by atoms with Crippen LogP contribution < -0.4 is 10.2 Å². The van der Waals surface area contributed by atoms with E-state index in [2.05, 4.69) is 15.1 Å². The summed E-state index contributed by atoms with van der Waals surface area (Å²) in [6, 6.07) is 16.0. The van der Waals surface area contributed by atoms with Crippen LogP contribution in [0.5, 0.6) is 0 Å². The molecule has 2 amide bonds. The lowest BCUT2D eigenvalue weighted by Crippen LogP contribution is -2.52. The maximum absolute atomic E-state index is 13.1. The van der Waals surface area contributed by atoms with Gasteiger partial charge in [0, 0.05) is 43.5 Å². The molecular formula is C24H29FN4O2. The molecule has 0 radical (unpaired) electrons. The van der Waals surface area contributed by atoms with Gasteiger partial charge in [0.2, 0.25) is 11.8 Å². The highest BCUT2D eigenvalue weighted by Gasteiger charge is 2.28. The average Bonchev–Trinajstić information content (AvgIpc) is 2.81. The number of para-hydroxylation sites is 1. The minimum absolute atomic E-state index is 0.00851. The highest BCUT2D eigenvalue weighted by molar-refractivity contribution is 5.92. The lowest BCUT2D eigenvalue weighted by Gasteiger charge is -2.38. The zero-order chi connectivity index (χ0) is 21.6. The molecule has 2 heterocycles. The Hall–Kier alpha value is -2.93. The number of amides is 2. The standard InChI is InChI=1S/C24H29FN4O2/c25-20-6-8-22(9-7-20)28-14-16-29(17-15-28)23(30)18-27-12-10-19(11-13-27)24(31)26-21-4-2-1-3-5-21/h1-9,19H,10-18H2,(H,26,31). The van der Waals surface area contributed by atoms with E-state index in [-0.39, 0.29) is 23.5 Å². The number of hydrogen-bond donors (Lipinski definition) is 1. The third-order valence-electron chi connectivity index (χ3n) is 6.18. The molecule has 0 saturated carbocycles. The first-order valence-corrected chi connectivity index (χ1v) is 10.9. The molecule has 2 aromatic rings. The number of halogens is 1. The van der Waals surface area contributed by atoms with E-state index in [1.54, 1.807) is 12.1 Å². The Balaban J connectivity index is 1.19. The van der Waals surface area contributed by atoms with Crippen LogP contribution in [-0.2, 0) is 9.59 Å². The molecule has 164 valence electrons. The summed E-state index contributed by atoms with van der Waals surface area (Å²) in [6.07, 6.45) is 1.54. The predicted octanol–water partition coefficient (Wildman–Crippen LogP) is 2.83. The summed E-state index contributed by atoms with van der Waals surface area (Å²) in [5.41, 5.74) is 1.81. The van der Waals surface area contributed by atoms with Crippen molar-refractivity contribution in [1.82, 2.24) is 9.80 Å². The molecule has 0 atom stereocenters. The number of anilines is 2. The third-order valence-corrected chi connectivity index (χ3v) is 6.18. The summed E-state index contributed by atoms with van der Waals surface area (Å²) in [5.74, 6) is -0.0373. The molecule has 7 heteroatoms. The van der Waals surface area contributed by atoms with Crippen molar-refractivity contribution < 1.29 is 14.0 Å². The van der Waals surface area contributed by atoms with E-state index in [0.717, 1.165) is 50.4 Å². The van der Waals surface area contributed by atoms with Crippen LogP contribution in [0.4, 0.5) is 15.8 Å². The lowest BCUT2D eigenvalue weighted by molar-refractivity contribution is -0.133. The zero-order valence-corrected chi connectivity index (χ0v) is 17.7. The van der Waals surface area contributed by atoms with Gasteiger partial charge in [0.15, 0.2) is 0 Å². The van der Waals surface area contributed by atoms with Crippen molar-refractivity contribution in [2.24, 2.45) is 5.92 Å². The van der Waals surface area contributed by atoms with Crippen molar-refractivity contribution in [2.75, 3.05) is 56.0 Å². The Labute approximate surface area is 182 Å². The van der Waals surface area contributed by atoms with E-state index in [4.69, 9.17) is 0 Å². The number of benzene rings is 2. The van der Waals surface area contributed by atoms with Gasteiger partial charge >= 0.3 is 0 Å². The maximum atomic E-state index is 13.1. The number of carbonyl (C=O) groups excluding carboxylic acids is 2. The molecule has 1 N–H and O–H groups in total. The Bertz CT molecular complexity index is 874. The van der Waals surface area contributed by atoms with Crippen molar-refractivity contribution in [3.63, 3.8) is 0 Å². The Morgan fingerprint density at radius 3 is 2.16 bits per heavy atom. The largest absolute Gasteiger partial charge is 0.368 e. The highest BCUT2D eigenvalue weighted by atomic mass is 19.1. The molecule has 0 unspecified atom stereocenters. The zero-order valence-electron chi connectivity index (χ0n) is 17.7. The first-order valence-electron chi connectivity index (χ1n) is 10.9. The first kappa shape index (κ1) is 21.3. The van der Waals surface area contributed by atoms with Gasteiger partial charge in [0.05, 0.1) is 6.54 Å². The number of nitrogens with zero attached hydrogens (tertiary/aromatic N) is 3. The Kier molecular flexibility index (Phi) is 6.82. The fourth-order valence-corrected chi connectivity index (χ4v) is 4.28. The number of nitrogens with one attached hydrogen (secondary N) is 1. The normalized spacial score (nSPS) is 18.1. The van der Waals surface area contributed by atoms with Gasteiger partial charge in [0.25, 0.3) is 0 Å². The van der Waals surface area contributed by atoms with E-state index < -0.39 is 0 Å². The second-order valence-electron chi connectivity index (χ2n) is 8.25. The average molecular weight is 425 g/mol. The summed E-state index contributed by atoms with van der Waals surface area (Å²) < 4.78 is 13.1. The molecule has 2 aliphatic rings. The number of rotatable bonds is 5. The molecule has 0 spiro atoms. The predicted molar refractivity (Wildman–Crippen MR) is 119 cm³/mol. The molecule has 2 aromatic carbocycles. The maximum Gasteiger partial charge on any atom is 0.236 e. The van der Waals surface area contributed by atoms with Crippen LogP contribution in [0.1, 0.15) is 12.8 Å². The Morgan fingerprint density at radius 2 is 1.52 bits per heavy atom. The van der Waals surface area contributed by atoms with Crippen molar-refractivity contribution in [1.29, 1.82) is 0 Å². The topological polar surface area (TPSA) is 55.9 Å². The van der Waals surface area contributed by atoms with Crippen LogP contribution in [0.3, 0.4) is 0 Å². The molecule has 4 rings (SSSR count). The number of carbonyl (C=O) groups is 2.